The molecule has 3 aliphatic rings. The second-order valence-corrected chi connectivity index (χ2v) is 9.53. The molecule has 6 heteroatoms. The van der Waals surface area contributed by atoms with Crippen LogP contribution in [0.15, 0.2) is 24.3 Å². The topological polar surface area (TPSA) is 50.5 Å². The van der Waals surface area contributed by atoms with Gasteiger partial charge in [-0.1, -0.05) is 24.6 Å². The standard InChI is InChI=1S/C24H38N4O2/c1-21-7-3-4-8-22(21)27-13-11-26(12-14-27)19-23(29)25-20-24(9-5-2-6-10-24)28-15-17-30-18-16-28/h3-4,7-8H,2,5-6,9-20H2,1H3,(H,25,29)/p+2. The van der Waals surface area contributed by atoms with Gasteiger partial charge in [-0.3, -0.25) is 4.79 Å². The number of rotatable bonds is 6. The first-order valence-corrected chi connectivity index (χ1v) is 12.0. The second-order valence-electron chi connectivity index (χ2n) is 9.53. The molecule has 0 unspecified atom stereocenters. The number of hydrogen-bond acceptors (Lipinski definition) is 3. The predicted octanol–water partition coefficient (Wildman–Crippen LogP) is -0.566. The van der Waals surface area contributed by atoms with Crippen LogP contribution in [0.25, 0.3) is 0 Å². The highest BCUT2D eigenvalue weighted by molar-refractivity contribution is 5.76. The minimum Gasteiger partial charge on any atom is -0.370 e. The van der Waals surface area contributed by atoms with Crippen molar-refractivity contribution in [1.29, 1.82) is 0 Å². The van der Waals surface area contributed by atoms with E-state index in [0.717, 1.165) is 59.0 Å². The summed E-state index contributed by atoms with van der Waals surface area (Å²) in [6, 6.07) is 8.61. The highest BCUT2D eigenvalue weighted by atomic mass is 16.5. The Morgan fingerprint density at radius 3 is 2.47 bits per heavy atom. The zero-order valence-electron chi connectivity index (χ0n) is 18.7. The van der Waals surface area contributed by atoms with Gasteiger partial charge in [-0.05, 0) is 31.4 Å². The van der Waals surface area contributed by atoms with E-state index in [0.29, 0.717) is 6.54 Å². The lowest BCUT2D eigenvalue weighted by atomic mass is 9.79. The molecule has 1 saturated carbocycles. The van der Waals surface area contributed by atoms with Crippen LogP contribution in [-0.4, -0.2) is 77.0 Å². The average molecular weight is 417 g/mol. The molecule has 2 heterocycles. The van der Waals surface area contributed by atoms with Crippen molar-refractivity contribution in [3.63, 3.8) is 0 Å². The van der Waals surface area contributed by atoms with Crippen molar-refractivity contribution < 1.29 is 19.3 Å². The molecule has 0 aromatic heterocycles. The molecule has 0 bridgehead atoms. The Morgan fingerprint density at radius 2 is 1.77 bits per heavy atom. The van der Waals surface area contributed by atoms with Gasteiger partial charge >= 0.3 is 0 Å². The Bertz CT molecular complexity index is 690. The molecule has 1 aromatic carbocycles. The first-order valence-electron chi connectivity index (χ1n) is 12.0. The van der Waals surface area contributed by atoms with Crippen LogP contribution in [0, 0.1) is 6.92 Å². The van der Waals surface area contributed by atoms with Gasteiger partial charge in [0.25, 0.3) is 5.91 Å². The fraction of sp³-hybridized carbons (Fsp3) is 0.708. The molecule has 30 heavy (non-hydrogen) atoms. The Kier molecular flexibility index (Phi) is 7.28. The zero-order valence-corrected chi connectivity index (χ0v) is 18.7. The van der Waals surface area contributed by atoms with Gasteiger partial charge in [0.2, 0.25) is 0 Å². The van der Waals surface area contributed by atoms with Crippen LogP contribution >= 0.6 is 0 Å². The first-order chi connectivity index (χ1) is 14.7. The molecule has 2 aliphatic heterocycles. The Hall–Kier alpha value is -1.63. The maximum Gasteiger partial charge on any atom is 0.275 e. The molecule has 2 saturated heterocycles. The van der Waals surface area contributed by atoms with Gasteiger partial charge in [-0.25, -0.2) is 0 Å². The van der Waals surface area contributed by atoms with Crippen molar-refractivity contribution in [3.05, 3.63) is 29.8 Å². The van der Waals surface area contributed by atoms with E-state index < -0.39 is 0 Å². The number of para-hydroxylation sites is 1. The Labute approximate surface area is 181 Å². The maximum atomic E-state index is 12.8. The third-order valence-electron chi connectivity index (χ3n) is 7.62. The molecule has 3 fully saturated rings. The minimum absolute atomic E-state index is 0.229. The van der Waals surface area contributed by atoms with Crippen molar-refractivity contribution in [2.75, 3.05) is 70.5 Å². The van der Waals surface area contributed by atoms with Crippen LogP contribution in [0.1, 0.15) is 37.7 Å². The minimum atomic E-state index is 0.229. The fourth-order valence-electron chi connectivity index (χ4n) is 5.75. The van der Waals surface area contributed by atoms with E-state index in [4.69, 9.17) is 4.74 Å². The van der Waals surface area contributed by atoms with Gasteiger partial charge < -0.3 is 24.8 Å². The summed E-state index contributed by atoms with van der Waals surface area (Å²) in [4.78, 5) is 18.3. The van der Waals surface area contributed by atoms with Gasteiger partial charge in [-0.2, -0.15) is 0 Å². The lowest BCUT2D eigenvalue weighted by molar-refractivity contribution is -0.960. The monoisotopic (exact) mass is 416 g/mol. The van der Waals surface area contributed by atoms with Gasteiger partial charge in [-0.15, -0.1) is 0 Å². The van der Waals surface area contributed by atoms with Crippen LogP contribution in [0.4, 0.5) is 5.69 Å². The molecular formula is C24H40N4O2+2. The van der Waals surface area contributed by atoms with Crippen LogP contribution < -0.4 is 20.0 Å². The number of ether oxygens (including phenoxy) is 1. The highest BCUT2D eigenvalue weighted by Crippen LogP contribution is 2.25. The van der Waals surface area contributed by atoms with Gasteiger partial charge in [0.05, 0.1) is 45.9 Å². The lowest BCUT2D eigenvalue weighted by Gasteiger charge is -2.45. The number of amides is 1. The van der Waals surface area contributed by atoms with Crippen LogP contribution in [0.2, 0.25) is 0 Å². The SMILES string of the molecule is Cc1ccccc1N1CC[NH+](CC(=O)NCC2([NH+]3CCOCC3)CCCCC2)CC1. The molecule has 166 valence electrons. The molecule has 3 N–H and O–H groups in total. The van der Waals surface area contributed by atoms with E-state index in [1.165, 1.54) is 48.3 Å². The van der Waals surface area contributed by atoms with E-state index >= 15 is 0 Å². The number of piperazine rings is 1. The summed E-state index contributed by atoms with van der Waals surface area (Å²) < 4.78 is 5.59. The third-order valence-corrected chi connectivity index (χ3v) is 7.62. The van der Waals surface area contributed by atoms with E-state index in [-0.39, 0.29) is 11.4 Å². The summed E-state index contributed by atoms with van der Waals surface area (Å²) in [6.07, 6.45) is 6.42. The molecule has 4 rings (SSSR count). The van der Waals surface area contributed by atoms with Crippen molar-refractivity contribution in [1.82, 2.24) is 5.32 Å². The predicted molar refractivity (Wildman–Crippen MR) is 119 cm³/mol. The summed E-state index contributed by atoms with van der Waals surface area (Å²) in [5.74, 6) is 0.229. The summed E-state index contributed by atoms with van der Waals surface area (Å²) in [6.45, 7) is 11.6. The summed E-state index contributed by atoms with van der Waals surface area (Å²) >= 11 is 0. The number of carbonyl (C=O) groups is 1. The number of carbonyl (C=O) groups excluding carboxylic acids is 1. The lowest BCUT2D eigenvalue weighted by Crippen LogP contribution is -3.23. The molecule has 1 aliphatic carbocycles. The molecule has 1 amide bonds. The quantitative estimate of drug-likeness (QED) is 0.583. The largest absolute Gasteiger partial charge is 0.370 e. The van der Waals surface area contributed by atoms with Crippen LogP contribution in [0.3, 0.4) is 0 Å². The molecule has 0 atom stereocenters. The molecular weight excluding hydrogens is 376 g/mol. The Balaban J connectivity index is 1.26. The first kappa shape index (κ1) is 21.6. The number of quaternary nitrogens is 2. The molecule has 1 aromatic rings. The van der Waals surface area contributed by atoms with Crippen molar-refractivity contribution >= 4 is 11.6 Å². The number of morpholine rings is 1. The van der Waals surface area contributed by atoms with Gasteiger partial charge in [0.1, 0.15) is 18.6 Å². The number of nitrogens with zero attached hydrogens (tertiary/aromatic N) is 1. The smallest absolute Gasteiger partial charge is 0.275 e. The number of aryl methyl sites for hydroxylation is 1. The maximum absolute atomic E-state index is 12.8. The van der Waals surface area contributed by atoms with E-state index in [2.05, 4.69) is 41.4 Å². The van der Waals surface area contributed by atoms with E-state index in [1.54, 1.807) is 4.90 Å². The normalized spacial score (nSPS) is 23.3. The number of hydrogen-bond donors (Lipinski definition) is 3. The summed E-state index contributed by atoms with van der Waals surface area (Å²) in [5.41, 5.74) is 2.91. The highest BCUT2D eigenvalue weighted by Gasteiger charge is 2.42. The van der Waals surface area contributed by atoms with Crippen molar-refractivity contribution in [2.24, 2.45) is 0 Å². The van der Waals surface area contributed by atoms with E-state index in [1.807, 2.05) is 0 Å². The molecule has 0 radical (unpaired) electrons. The van der Waals surface area contributed by atoms with Gasteiger partial charge in [0.15, 0.2) is 6.54 Å². The number of nitrogens with one attached hydrogen (secondary N) is 3. The zero-order chi connectivity index (χ0) is 20.8. The van der Waals surface area contributed by atoms with Crippen LogP contribution in [0.5, 0.6) is 0 Å². The fourth-order valence-corrected chi connectivity index (χ4v) is 5.75. The van der Waals surface area contributed by atoms with Crippen molar-refractivity contribution in [2.45, 2.75) is 44.6 Å². The molecule has 0 spiro atoms. The van der Waals surface area contributed by atoms with E-state index in [9.17, 15) is 4.79 Å². The molecule has 6 nitrogen and oxygen atoms in total. The Morgan fingerprint density at radius 1 is 1.07 bits per heavy atom. The number of benzene rings is 1. The second kappa shape index (κ2) is 10.1. The van der Waals surface area contributed by atoms with Crippen LogP contribution in [-0.2, 0) is 9.53 Å². The third kappa shape index (κ3) is 5.16. The summed E-state index contributed by atoms with van der Waals surface area (Å²) in [7, 11) is 0. The van der Waals surface area contributed by atoms with Crippen molar-refractivity contribution in [3.8, 4) is 0 Å². The van der Waals surface area contributed by atoms with Gasteiger partial charge in [0, 0.05) is 18.5 Å². The average Bonchev–Trinajstić information content (AvgIpc) is 2.80. The summed E-state index contributed by atoms with van der Waals surface area (Å²) in [5, 5.41) is 3.35. The number of anilines is 1.